The molecule has 2 rings (SSSR count). The zero-order valence-electron chi connectivity index (χ0n) is 12.1. The van der Waals surface area contributed by atoms with Gasteiger partial charge in [0, 0.05) is 6.54 Å². The predicted molar refractivity (Wildman–Crippen MR) is 78.9 cm³/mol. The third-order valence-corrected chi connectivity index (χ3v) is 5.47. The lowest BCUT2D eigenvalue weighted by atomic mass is 9.97. The molecule has 0 aromatic carbocycles. The third kappa shape index (κ3) is 2.69. The van der Waals surface area contributed by atoms with Gasteiger partial charge in [0.25, 0.3) is 0 Å². The van der Waals surface area contributed by atoms with Crippen molar-refractivity contribution in [2.45, 2.75) is 40.0 Å². The molecule has 4 heteroatoms. The molecule has 1 aliphatic heterocycles. The molecule has 0 radical (unpaired) electrons. The quantitative estimate of drug-likeness (QED) is 0.622. The van der Waals surface area contributed by atoms with E-state index in [0.717, 1.165) is 25.0 Å². The van der Waals surface area contributed by atoms with Crippen LogP contribution < -0.4 is 0 Å². The van der Waals surface area contributed by atoms with Crippen LogP contribution in [0.1, 0.15) is 40.0 Å². The highest BCUT2D eigenvalue weighted by Gasteiger charge is 2.52. The van der Waals surface area contributed by atoms with Crippen LogP contribution in [0.5, 0.6) is 0 Å². The van der Waals surface area contributed by atoms with Gasteiger partial charge >= 0.3 is 0 Å². The molecule has 2 fully saturated rings. The Labute approximate surface area is 121 Å². The van der Waals surface area contributed by atoms with Gasteiger partial charge in [-0.2, -0.15) is 12.6 Å². The largest absolute Gasteiger partial charge is 0.282 e. The fourth-order valence-corrected chi connectivity index (χ4v) is 3.96. The molecule has 0 spiro atoms. The Balaban J connectivity index is 2.06. The molecule has 3 unspecified atom stereocenters. The zero-order valence-corrected chi connectivity index (χ0v) is 13.0. The number of rotatable bonds is 5. The first kappa shape index (κ1) is 14.9. The van der Waals surface area contributed by atoms with Crippen molar-refractivity contribution in [3.63, 3.8) is 0 Å². The summed E-state index contributed by atoms with van der Waals surface area (Å²) >= 11 is 4.35. The van der Waals surface area contributed by atoms with Gasteiger partial charge < -0.3 is 0 Å². The van der Waals surface area contributed by atoms with Gasteiger partial charge in [-0.05, 0) is 36.3 Å². The highest BCUT2D eigenvalue weighted by Crippen LogP contribution is 2.44. The predicted octanol–water partition coefficient (Wildman–Crippen LogP) is 2.61. The summed E-state index contributed by atoms with van der Waals surface area (Å²) in [7, 11) is 0. The number of nitrogens with zero attached hydrogens (tertiary/aromatic N) is 1. The summed E-state index contributed by atoms with van der Waals surface area (Å²) < 4.78 is 0. The van der Waals surface area contributed by atoms with Crippen molar-refractivity contribution >= 4 is 24.4 Å². The van der Waals surface area contributed by atoms with Gasteiger partial charge in [-0.15, -0.1) is 0 Å². The van der Waals surface area contributed by atoms with Gasteiger partial charge in [0.1, 0.15) is 0 Å². The molecule has 1 aliphatic carbocycles. The molecule has 0 bridgehead atoms. The van der Waals surface area contributed by atoms with Crippen molar-refractivity contribution in [3.05, 3.63) is 0 Å². The number of carbonyl (C=O) groups is 2. The number of thiol groups is 1. The number of hydrogen-bond acceptors (Lipinski definition) is 3. The number of fused-ring (bicyclic) bond motifs is 1. The molecular formula is C15H25NO2S. The van der Waals surface area contributed by atoms with Gasteiger partial charge in [-0.1, -0.05) is 27.2 Å². The summed E-state index contributed by atoms with van der Waals surface area (Å²) in [5, 5.41) is 0. The van der Waals surface area contributed by atoms with Crippen LogP contribution >= 0.6 is 12.6 Å². The summed E-state index contributed by atoms with van der Waals surface area (Å²) in [4.78, 5) is 26.4. The summed E-state index contributed by atoms with van der Waals surface area (Å²) in [6.45, 7) is 6.95. The van der Waals surface area contributed by atoms with E-state index in [2.05, 4.69) is 33.4 Å². The first-order valence-electron chi connectivity index (χ1n) is 7.45. The van der Waals surface area contributed by atoms with E-state index in [-0.39, 0.29) is 23.7 Å². The molecule has 1 heterocycles. The normalized spacial score (nSPS) is 32.3. The minimum Gasteiger partial charge on any atom is -0.282 e. The van der Waals surface area contributed by atoms with Crippen LogP contribution in [0, 0.1) is 29.6 Å². The van der Waals surface area contributed by atoms with Crippen molar-refractivity contribution in [3.8, 4) is 0 Å². The molecule has 1 saturated heterocycles. The number of amides is 2. The second kappa shape index (κ2) is 5.86. The minimum atomic E-state index is -0.0230. The van der Waals surface area contributed by atoms with Gasteiger partial charge in [-0.25, -0.2) is 0 Å². The SMILES string of the molecule is CCC1CC2C(=O)N(CC(CS)C(C)C)C(=O)C2C1. The number of carbonyl (C=O) groups excluding carboxylic acids is 2. The Hall–Kier alpha value is -0.510. The molecule has 1 saturated carbocycles. The van der Waals surface area contributed by atoms with Crippen molar-refractivity contribution in [1.82, 2.24) is 4.90 Å². The number of imide groups is 1. The molecule has 0 aromatic rings. The van der Waals surface area contributed by atoms with E-state index in [1.54, 1.807) is 0 Å². The molecule has 2 aliphatic rings. The van der Waals surface area contributed by atoms with Gasteiger partial charge in [-0.3, -0.25) is 14.5 Å². The van der Waals surface area contributed by atoms with Crippen LogP contribution in [-0.4, -0.2) is 29.0 Å². The van der Waals surface area contributed by atoms with Crippen molar-refractivity contribution < 1.29 is 9.59 Å². The van der Waals surface area contributed by atoms with Gasteiger partial charge in [0.2, 0.25) is 11.8 Å². The average molecular weight is 283 g/mol. The number of likely N-dealkylation sites (tertiary alicyclic amines) is 1. The second-order valence-corrected chi connectivity index (χ2v) is 6.80. The van der Waals surface area contributed by atoms with E-state index < -0.39 is 0 Å². The van der Waals surface area contributed by atoms with Crippen LogP contribution in [0.25, 0.3) is 0 Å². The van der Waals surface area contributed by atoms with E-state index in [1.807, 2.05) is 0 Å². The highest BCUT2D eigenvalue weighted by atomic mass is 32.1. The average Bonchev–Trinajstić information content (AvgIpc) is 2.89. The van der Waals surface area contributed by atoms with Crippen molar-refractivity contribution in [1.29, 1.82) is 0 Å². The van der Waals surface area contributed by atoms with Gasteiger partial charge in [0.15, 0.2) is 0 Å². The monoisotopic (exact) mass is 283 g/mol. The molecule has 0 aromatic heterocycles. The fourth-order valence-electron chi connectivity index (χ4n) is 3.42. The van der Waals surface area contributed by atoms with E-state index in [9.17, 15) is 9.59 Å². The Morgan fingerprint density at radius 2 is 1.74 bits per heavy atom. The summed E-state index contributed by atoms with van der Waals surface area (Å²) in [5.41, 5.74) is 0. The Kier molecular flexibility index (Phi) is 4.59. The molecule has 3 atom stereocenters. The second-order valence-electron chi connectivity index (χ2n) is 6.43. The van der Waals surface area contributed by atoms with Crippen LogP contribution in [0.2, 0.25) is 0 Å². The topological polar surface area (TPSA) is 37.4 Å². The summed E-state index contributed by atoms with van der Waals surface area (Å²) in [6, 6.07) is 0. The van der Waals surface area contributed by atoms with Crippen LogP contribution in [0.4, 0.5) is 0 Å². The lowest BCUT2D eigenvalue weighted by molar-refractivity contribution is -0.141. The van der Waals surface area contributed by atoms with E-state index in [4.69, 9.17) is 0 Å². The van der Waals surface area contributed by atoms with E-state index in [1.165, 1.54) is 4.90 Å². The zero-order chi connectivity index (χ0) is 14.2. The van der Waals surface area contributed by atoms with Gasteiger partial charge in [0.05, 0.1) is 11.8 Å². The lowest BCUT2D eigenvalue weighted by Crippen LogP contribution is -2.38. The maximum Gasteiger partial charge on any atom is 0.233 e. The fraction of sp³-hybridized carbons (Fsp3) is 0.867. The first-order valence-corrected chi connectivity index (χ1v) is 8.08. The van der Waals surface area contributed by atoms with Crippen LogP contribution in [0.3, 0.4) is 0 Å². The molecule has 108 valence electrons. The van der Waals surface area contributed by atoms with Crippen molar-refractivity contribution in [2.75, 3.05) is 12.3 Å². The Bertz CT molecular complexity index is 345. The maximum absolute atomic E-state index is 12.4. The lowest BCUT2D eigenvalue weighted by Gasteiger charge is -2.25. The molecular weight excluding hydrogens is 258 g/mol. The van der Waals surface area contributed by atoms with E-state index in [0.29, 0.717) is 24.3 Å². The molecule has 0 N–H and O–H groups in total. The summed E-state index contributed by atoms with van der Waals surface area (Å²) in [6.07, 6.45) is 2.91. The summed E-state index contributed by atoms with van der Waals surface area (Å²) in [5.74, 6) is 2.16. The Morgan fingerprint density at radius 1 is 1.21 bits per heavy atom. The molecule has 3 nitrogen and oxygen atoms in total. The maximum atomic E-state index is 12.4. The van der Waals surface area contributed by atoms with E-state index >= 15 is 0 Å². The van der Waals surface area contributed by atoms with Crippen LogP contribution in [-0.2, 0) is 9.59 Å². The molecule has 2 amide bonds. The first-order chi connectivity index (χ1) is 8.99. The van der Waals surface area contributed by atoms with Crippen LogP contribution in [0.15, 0.2) is 0 Å². The third-order valence-electron chi connectivity index (χ3n) is 5.00. The minimum absolute atomic E-state index is 0.0230. The number of hydrogen-bond donors (Lipinski definition) is 1. The molecule has 19 heavy (non-hydrogen) atoms. The standard InChI is InChI=1S/C15H25NO2S/c1-4-10-5-12-13(6-10)15(18)16(14(12)17)7-11(8-19)9(2)3/h9-13,19H,4-8H2,1-3H3. The Morgan fingerprint density at radius 3 is 2.11 bits per heavy atom. The van der Waals surface area contributed by atoms with Crippen molar-refractivity contribution in [2.24, 2.45) is 29.6 Å². The highest BCUT2D eigenvalue weighted by molar-refractivity contribution is 7.80. The smallest absolute Gasteiger partial charge is 0.233 e.